The number of piperazine rings is 1. The Labute approximate surface area is 215 Å². The third kappa shape index (κ3) is 4.98. The molecule has 0 aliphatic carbocycles. The van der Waals surface area contributed by atoms with E-state index in [1.807, 2.05) is 6.26 Å². The summed E-state index contributed by atoms with van der Waals surface area (Å²) in [5, 5.41) is 4.31. The van der Waals surface area contributed by atoms with Gasteiger partial charge in [-0.25, -0.2) is 13.8 Å². The van der Waals surface area contributed by atoms with Gasteiger partial charge in [0.25, 0.3) is 5.91 Å². The van der Waals surface area contributed by atoms with Crippen LogP contribution in [-0.2, 0) is 12.6 Å². The fraction of sp³-hybridized carbons (Fsp3) is 0.435. The number of halogens is 5. The molecule has 2 aromatic heterocycles. The third-order valence-corrected chi connectivity index (χ3v) is 8.03. The molecular formula is C23H24Cl2F3N5OS. The normalized spacial score (nSPS) is 17.4. The van der Waals surface area contributed by atoms with Crippen molar-refractivity contribution >= 4 is 46.7 Å². The van der Waals surface area contributed by atoms with E-state index < -0.39 is 11.9 Å². The predicted molar refractivity (Wildman–Crippen MR) is 132 cm³/mol. The molecule has 1 aromatic carbocycles. The molecule has 1 aliphatic heterocycles. The zero-order valence-electron chi connectivity index (χ0n) is 19.6. The van der Waals surface area contributed by atoms with Crippen LogP contribution in [0.15, 0.2) is 18.2 Å². The lowest BCUT2D eigenvalue weighted by Crippen LogP contribution is -2.51. The van der Waals surface area contributed by atoms with Crippen molar-refractivity contribution in [2.45, 2.75) is 39.4 Å². The number of alkyl halides is 3. The lowest BCUT2D eigenvalue weighted by molar-refractivity contribution is -0.141. The minimum absolute atomic E-state index is 0.144. The maximum Gasteiger partial charge on any atom is 0.435 e. The van der Waals surface area contributed by atoms with Gasteiger partial charge in [-0.3, -0.25) is 4.79 Å². The number of rotatable bonds is 4. The number of imidazole rings is 1. The molecule has 6 nitrogen and oxygen atoms in total. The minimum Gasteiger partial charge on any atom is -0.336 e. The van der Waals surface area contributed by atoms with Crippen molar-refractivity contribution in [1.82, 2.24) is 23.8 Å². The van der Waals surface area contributed by atoms with Crippen LogP contribution in [0, 0.1) is 13.8 Å². The summed E-state index contributed by atoms with van der Waals surface area (Å²) in [6.07, 6.45) is -2.42. The molecule has 3 aromatic rings. The van der Waals surface area contributed by atoms with Crippen molar-refractivity contribution in [2.24, 2.45) is 0 Å². The first-order valence-corrected chi connectivity index (χ1v) is 12.9. The second kappa shape index (κ2) is 9.80. The average molecular weight is 546 g/mol. The number of fused-ring (bicyclic) bond motifs is 1. The predicted octanol–water partition coefficient (Wildman–Crippen LogP) is 5.69. The van der Waals surface area contributed by atoms with E-state index in [4.69, 9.17) is 23.2 Å². The van der Waals surface area contributed by atoms with Gasteiger partial charge in [-0.2, -0.15) is 18.3 Å². The molecule has 12 heteroatoms. The van der Waals surface area contributed by atoms with Crippen molar-refractivity contribution in [3.05, 3.63) is 62.0 Å². The van der Waals surface area contributed by atoms with E-state index in [0.29, 0.717) is 51.8 Å². The molecule has 1 aliphatic rings. The van der Waals surface area contributed by atoms with Gasteiger partial charge in [0, 0.05) is 37.1 Å². The summed E-state index contributed by atoms with van der Waals surface area (Å²) in [6, 6.07) is 4.41. The van der Waals surface area contributed by atoms with Gasteiger partial charge < -0.3 is 4.90 Å². The van der Waals surface area contributed by atoms with Crippen molar-refractivity contribution in [3.8, 4) is 0 Å². The summed E-state index contributed by atoms with van der Waals surface area (Å²) in [4.78, 5) is 19.6. The van der Waals surface area contributed by atoms with Gasteiger partial charge in [-0.1, -0.05) is 35.1 Å². The summed E-state index contributed by atoms with van der Waals surface area (Å²) in [6.45, 7) is 7.17. The quantitative estimate of drug-likeness (QED) is 0.394. The number of carbonyl (C=O) groups is 1. The number of carbonyl (C=O) groups excluding carboxylic acids is 1. The van der Waals surface area contributed by atoms with Gasteiger partial charge in [0.2, 0.25) is 0 Å². The molecule has 0 radical (unpaired) electrons. The smallest absolute Gasteiger partial charge is 0.336 e. The van der Waals surface area contributed by atoms with Crippen LogP contribution >= 0.6 is 35.1 Å². The second-order valence-electron chi connectivity index (χ2n) is 8.58. The van der Waals surface area contributed by atoms with E-state index in [1.165, 1.54) is 4.52 Å². The molecule has 35 heavy (non-hydrogen) atoms. The van der Waals surface area contributed by atoms with Crippen molar-refractivity contribution in [2.75, 3.05) is 25.9 Å². The lowest BCUT2D eigenvalue weighted by atomic mass is 10.0. The Hall–Kier alpha value is -2.01. The Kier molecular flexibility index (Phi) is 7.30. The first-order chi connectivity index (χ1) is 16.4. The van der Waals surface area contributed by atoms with Crippen LogP contribution in [0.2, 0.25) is 10.0 Å². The highest BCUT2D eigenvalue weighted by Crippen LogP contribution is 2.33. The van der Waals surface area contributed by atoms with Gasteiger partial charge in [0.05, 0.1) is 22.0 Å². The zero-order chi connectivity index (χ0) is 25.7. The molecule has 0 saturated carbocycles. The second-order valence-corrected chi connectivity index (χ2v) is 10.2. The number of nitrogens with zero attached hydrogens (tertiary/aromatic N) is 5. The maximum atomic E-state index is 13.3. The molecule has 0 bridgehead atoms. The van der Waals surface area contributed by atoms with E-state index in [9.17, 15) is 18.0 Å². The molecule has 1 saturated heterocycles. The standard InChI is InChI=1S/C23H24Cl2F3N5OS/c1-12-9-19(23(26,27)28)30-33-14(3)18(29-21(12)33)10-16-17(24)6-5-15(20(16)25)22(34)31-7-8-32(35-4)13(2)11-31/h5-6,9,13H,7-8,10-11H2,1-4H3/t13-/m1/s1. The van der Waals surface area contributed by atoms with E-state index in [1.54, 1.807) is 42.8 Å². The van der Waals surface area contributed by atoms with Crippen molar-refractivity contribution in [1.29, 1.82) is 0 Å². The average Bonchev–Trinajstić information content (AvgIpc) is 3.11. The Balaban J connectivity index is 1.68. The highest BCUT2D eigenvalue weighted by Gasteiger charge is 2.34. The zero-order valence-corrected chi connectivity index (χ0v) is 21.9. The minimum atomic E-state index is -4.57. The number of benzene rings is 1. The molecule has 0 spiro atoms. The molecule has 0 N–H and O–H groups in total. The molecular weight excluding hydrogens is 522 g/mol. The SMILES string of the molecule is CSN1CCN(C(=O)c2ccc(Cl)c(Cc3nc4c(C)cc(C(F)(F)F)nn4c3C)c2Cl)C[C@H]1C. The molecule has 0 unspecified atom stereocenters. The first kappa shape index (κ1) is 26.1. The van der Waals surface area contributed by atoms with Crippen LogP contribution in [0.5, 0.6) is 0 Å². The van der Waals surface area contributed by atoms with Crippen molar-refractivity contribution in [3.63, 3.8) is 0 Å². The fourth-order valence-corrected chi connectivity index (χ4v) is 5.56. The molecule has 1 amide bonds. The number of hydrogen-bond donors (Lipinski definition) is 0. The summed E-state index contributed by atoms with van der Waals surface area (Å²) in [7, 11) is 0. The van der Waals surface area contributed by atoms with Crippen LogP contribution < -0.4 is 0 Å². The monoisotopic (exact) mass is 545 g/mol. The lowest BCUT2D eigenvalue weighted by Gasteiger charge is -2.38. The van der Waals surface area contributed by atoms with Gasteiger partial charge in [0.1, 0.15) is 0 Å². The number of amides is 1. The Bertz CT molecular complexity index is 1300. The van der Waals surface area contributed by atoms with Crippen LogP contribution in [0.3, 0.4) is 0 Å². The first-order valence-electron chi connectivity index (χ1n) is 10.9. The van der Waals surface area contributed by atoms with Crippen LogP contribution in [-0.4, -0.2) is 61.6 Å². The van der Waals surface area contributed by atoms with Gasteiger partial charge in [-0.15, -0.1) is 0 Å². The number of aryl methyl sites for hydroxylation is 2. The Morgan fingerprint density at radius 1 is 1.23 bits per heavy atom. The van der Waals surface area contributed by atoms with Gasteiger partial charge in [-0.05, 0) is 56.4 Å². The molecule has 4 rings (SSSR count). The van der Waals surface area contributed by atoms with E-state index >= 15 is 0 Å². The topological polar surface area (TPSA) is 53.7 Å². The fourth-order valence-electron chi connectivity index (χ4n) is 4.29. The van der Waals surface area contributed by atoms with Gasteiger partial charge >= 0.3 is 6.18 Å². The van der Waals surface area contributed by atoms with E-state index in [-0.39, 0.29) is 23.4 Å². The maximum absolute atomic E-state index is 13.3. The molecule has 3 heterocycles. The molecule has 1 atom stereocenters. The largest absolute Gasteiger partial charge is 0.435 e. The van der Waals surface area contributed by atoms with E-state index in [2.05, 4.69) is 21.3 Å². The highest BCUT2D eigenvalue weighted by atomic mass is 35.5. The number of hydrogen-bond acceptors (Lipinski definition) is 5. The third-order valence-electron chi connectivity index (χ3n) is 6.23. The summed E-state index contributed by atoms with van der Waals surface area (Å²) < 4.78 is 43.2. The summed E-state index contributed by atoms with van der Waals surface area (Å²) in [5.74, 6) is -0.181. The highest BCUT2D eigenvalue weighted by molar-refractivity contribution is 7.96. The Morgan fingerprint density at radius 3 is 2.57 bits per heavy atom. The van der Waals surface area contributed by atoms with E-state index in [0.717, 1.165) is 12.6 Å². The molecule has 188 valence electrons. The van der Waals surface area contributed by atoms with Crippen LogP contribution in [0.25, 0.3) is 5.65 Å². The summed E-state index contributed by atoms with van der Waals surface area (Å²) in [5.41, 5.74) is 1.44. The number of aromatic nitrogens is 3. The van der Waals surface area contributed by atoms with Crippen LogP contribution in [0.4, 0.5) is 13.2 Å². The van der Waals surface area contributed by atoms with Gasteiger partial charge in [0.15, 0.2) is 11.3 Å². The Morgan fingerprint density at radius 2 is 1.94 bits per heavy atom. The summed E-state index contributed by atoms with van der Waals surface area (Å²) >= 11 is 14.8. The molecule has 1 fully saturated rings. The van der Waals surface area contributed by atoms with Crippen molar-refractivity contribution < 1.29 is 18.0 Å². The van der Waals surface area contributed by atoms with Crippen LogP contribution in [0.1, 0.15) is 45.5 Å².